The zero-order chi connectivity index (χ0) is 12.1. The first-order valence-electron chi connectivity index (χ1n) is 4.33. The summed E-state index contributed by atoms with van der Waals surface area (Å²) in [5, 5.41) is 8.17. The number of aliphatic carboxylic acids is 1. The van der Waals surface area contributed by atoms with Crippen LogP contribution in [0, 0.1) is 0 Å². The van der Waals surface area contributed by atoms with E-state index in [1.54, 1.807) is 0 Å². The van der Waals surface area contributed by atoms with Crippen LogP contribution in [0.3, 0.4) is 0 Å². The van der Waals surface area contributed by atoms with E-state index < -0.39 is 24.5 Å². The number of carbonyl (C=O) groups is 1. The largest absolute Gasteiger partial charge is 0.481 e. The number of alkyl halides is 5. The number of rotatable bonds is 6. The van der Waals surface area contributed by atoms with Crippen molar-refractivity contribution in [3.05, 3.63) is 0 Å². The summed E-state index contributed by atoms with van der Waals surface area (Å²) in [7, 11) is 0. The smallest absolute Gasteiger partial charge is 0.453 e. The van der Waals surface area contributed by atoms with Crippen LogP contribution in [0.25, 0.3) is 0 Å². The molecule has 7 heteroatoms. The molecule has 0 atom stereocenters. The number of unbranched alkanes of at least 4 members (excludes halogenated alkanes) is 2. The van der Waals surface area contributed by atoms with E-state index in [-0.39, 0.29) is 25.7 Å². The molecule has 2 nitrogen and oxygen atoms in total. The summed E-state index contributed by atoms with van der Waals surface area (Å²) < 4.78 is 59.4. The molecular weight excluding hydrogens is 223 g/mol. The third kappa shape index (κ3) is 5.54. The van der Waals surface area contributed by atoms with Gasteiger partial charge in [0, 0.05) is 12.8 Å². The normalized spacial score (nSPS) is 12.9. The van der Waals surface area contributed by atoms with Crippen molar-refractivity contribution in [2.75, 3.05) is 0 Å². The van der Waals surface area contributed by atoms with Gasteiger partial charge in [0.1, 0.15) is 0 Å². The molecule has 0 aliphatic rings. The fraction of sp³-hybridized carbons (Fsp3) is 0.875. The molecule has 0 saturated carbocycles. The minimum Gasteiger partial charge on any atom is -0.481 e. The molecule has 0 rings (SSSR count). The van der Waals surface area contributed by atoms with Crippen molar-refractivity contribution in [2.45, 2.75) is 44.2 Å². The molecule has 0 aromatic carbocycles. The second-order valence-electron chi connectivity index (χ2n) is 3.16. The van der Waals surface area contributed by atoms with Gasteiger partial charge in [-0.15, -0.1) is 0 Å². The summed E-state index contributed by atoms with van der Waals surface area (Å²) in [6.07, 6.45) is -7.17. The van der Waals surface area contributed by atoms with E-state index >= 15 is 0 Å². The topological polar surface area (TPSA) is 37.3 Å². The Morgan fingerprint density at radius 3 is 1.93 bits per heavy atom. The third-order valence-corrected chi connectivity index (χ3v) is 1.80. The lowest BCUT2D eigenvalue weighted by Crippen LogP contribution is -2.36. The fourth-order valence-electron chi connectivity index (χ4n) is 0.942. The summed E-state index contributed by atoms with van der Waals surface area (Å²) in [4.78, 5) is 9.99. The van der Waals surface area contributed by atoms with Gasteiger partial charge in [-0.2, -0.15) is 22.0 Å². The average Bonchev–Trinajstić information content (AvgIpc) is 2.00. The lowest BCUT2D eigenvalue weighted by molar-refractivity contribution is -0.284. The van der Waals surface area contributed by atoms with Crippen LogP contribution >= 0.6 is 0 Å². The van der Waals surface area contributed by atoms with Crippen molar-refractivity contribution in [2.24, 2.45) is 0 Å². The van der Waals surface area contributed by atoms with Crippen molar-refractivity contribution < 1.29 is 31.9 Å². The molecule has 1 N–H and O–H groups in total. The van der Waals surface area contributed by atoms with Crippen LogP contribution in [-0.2, 0) is 4.79 Å². The van der Waals surface area contributed by atoms with Crippen LogP contribution < -0.4 is 0 Å². The molecule has 0 aliphatic carbocycles. The summed E-state index contributed by atoms with van der Waals surface area (Å²) in [5.41, 5.74) is 0. The number of halogens is 5. The number of carboxylic acids is 1. The van der Waals surface area contributed by atoms with Gasteiger partial charge in [-0.25, -0.2) is 0 Å². The van der Waals surface area contributed by atoms with E-state index in [1.165, 1.54) is 0 Å². The van der Waals surface area contributed by atoms with Crippen LogP contribution in [0.5, 0.6) is 0 Å². The molecule has 15 heavy (non-hydrogen) atoms. The predicted molar refractivity (Wildman–Crippen MR) is 41.7 cm³/mol. The fourth-order valence-corrected chi connectivity index (χ4v) is 0.942. The van der Waals surface area contributed by atoms with Crippen molar-refractivity contribution in [1.82, 2.24) is 0 Å². The van der Waals surface area contributed by atoms with E-state index in [0.29, 0.717) is 0 Å². The molecule has 0 fully saturated rings. The predicted octanol–water partition coefficient (Wildman–Crippen LogP) is 3.22. The number of hydrogen-bond donors (Lipinski definition) is 1. The van der Waals surface area contributed by atoms with Crippen molar-refractivity contribution in [3.8, 4) is 0 Å². The molecule has 0 bridgehead atoms. The minimum absolute atomic E-state index is 0.0535. The molecule has 0 radical (unpaired) electrons. The summed E-state index contributed by atoms with van der Waals surface area (Å²) in [6, 6.07) is 0. The van der Waals surface area contributed by atoms with Gasteiger partial charge < -0.3 is 5.11 Å². The Bertz CT molecular complexity index is 212. The van der Waals surface area contributed by atoms with E-state index in [0.717, 1.165) is 0 Å². The molecule has 0 aromatic heterocycles. The Balaban J connectivity index is 3.72. The second-order valence-corrected chi connectivity index (χ2v) is 3.16. The quantitative estimate of drug-likeness (QED) is 0.566. The van der Waals surface area contributed by atoms with Crippen molar-refractivity contribution in [3.63, 3.8) is 0 Å². The highest BCUT2D eigenvalue weighted by molar-refractivity contribution is 5.66. The van der Waals surface area contributed by atoms with Crippen LogP contribution in [0.1, 0.15) is 32.1 Å². The Kier molecular flexibility index (Phi) is 4.96. The Labute approximate surface area is 83.1 Å². The van der Waals surface area contributed by atoms with Crippen LogP contribution in [0.15, 0.2) is 0 Å². The van der Waals surface area contributed by atoms with Gasteiger partial charge in [-0.1, -0.05) is 6.42 Å². The lowest BCUT2D eigenvalue weighted by Gasteiger charge is -2.18. The van der Waals surface area contributed by atoms with Gasteiger partial charge in [0.25, 0.3) is 0 Å². The SMILES string of the molecule is O=C(O)CCCCCC(F)(F)C(F)(F)F. The van der Waals surface area contributed by atoms with Crippen molar-refractivity contribution >= 4 is 5.97 Å². The average molecular weight is 234 g/mol. The second kappa shape index (κ2) is 5.27. The Hall–Kier alpha value is -0.880. The van der Waals surface area contributed by atoms with Gasteiger partial charge in [0.05, 0.1) is 0 Å². The highest BCUT2D eigenvalue weighted by atomic mass is 19.4. The molecule has 0 saturated heterocycles. The van der Waals surface area contributed by atoms with E-state index in [1.807, 2.05) is 0 Å². The zero-order valence-electron chi connectivity index (χ0n) is 7.78. The zero-order valence-corrected chi connectivity index (χ0v) is 7.78. The molecular formula is C8H11F5O2. The van der Waals surface area contributed by atoms with Crippen LogP contribution in [-0.4, -0.2) is 23.2 Å². The summed E-state index contributed by atoms with van der Waals surface area (Å²) in [5.74, 6) is -5.76. The Morgan fingerprint density at radius 1 is 1.00 bits per heavy atom. The van der Waals surface area contributed by atoms with Crippen LogP contribution in [0.4, 0.5) is 22.0 Å². The molecule has 0 unspecified atom stereocenters. The Morgan fingerprint density at radius 2 is 1.53 bits per heavy atom. The molecule has 0 spiro atoms. The maximum absolute atomic E-state index is 12.3. The van der Waals surface area contributed by atoms with Gasteiger partial charge in [-0.3, -0.25) is 4.79 Å². The van der Waals surface area contributed by atoms with Gasteiger partial charge in [0.15, 0.2) is 0 Å². The standard InChI is InChI=1S/C8H11F5O2/c9-7(10,8(11,12)13)5-3-1-2-4-6(14)15/h1-5H2,(H,14,15). The van der Waals surface area contributed by atoms with E-state index in [2.05, 4.69) is 0 Å². The van der Waals surface area contributed by atoms with E-state index in [4.69, 9.17) is 5.11 Å². The van der Waals surface area contributed by atoms with Gasteiger partial charge >= 0.3 is 18.1 Å². The molecule has 0 amide bonds. The van der Waals surface area contributed by atoms with Gasteiger partial charge in [0.2, 0.25) is 0 Å². The van der Waals surface area contributed by atoms with Crippen LogP contribution in [0.2, 0.25) is 0 Å². The summed E-state index contributed by atoms with van der Waals surface area (Å²) >= 11 is 0. The summed E-state index contributed by atoms with van der Waals surface area (Å²) in [6.45, 7) is 0. The highest BCUT2D eigenvalue weighted by Gasteiger charge is 2.56. The highest BCUT2D eigenvalue weighted by Crippen LogP contribution is 2.39. The minimum atomic E-state index is -5.51. The maximum Gasteiger partial charge on any atom is 0.453 e. The maximum atomic E-state index is 12.3. The molecule has 0 heterocycles. The lowest BCUT2D eigenvalue weighted by atomic mass is 10.1. The molecule has 0 aliphatic heterocycles. The first-order chi connectivity index (χ1) is 6.67. The number of carboxylic acid groups (broad SMARTS) is 1. The van der Waals surface area contributed by atoms with Gasteiger partial charge in [-0.05, 0) is 12.8 Å². The van der Waals surface area contributed by atoms with E-state index in [9.17, 15) is 26.7 Å². The molecule has 90 valence electrons. The molecule has 0 aromatic rings. The monoisotopic (exact) mass is 234 g/mol. The van der Waals surface area contributed by atoms with Crippen molar-refractivity contribution in [1.29, 1.82) is 0 Å². The first kappa shape index (κ1) is 14.1. The number of hydrogen-bond acceptors (Lipinski definition) is 1. The third-order valence-electron chi connectivity index (χ3n) is 1.80. The first-order valence-corrected chi connectivity index (χ1v) is 4.33.